The Labute approximate surface area is 123 Å². The van der Waals surface area contributed by atoms with Gasteiger partial charge in [0.25, 0.3) is 5.91 Å². The maximum absolute atomic E-state index is 12.7. The van der Waals surface area contributed by atoms with Crippen molar-refractivity contribution in [1.29, 1.82) is 0 Å². The third kappa shape index (κ3) is 3.82. The molecule has 1 aromatic carbocycles. The summed E-state index contributed by atoms with van der Waals surface area (Å²) in [5.41, 5.74) is -0.740. The molecule has 1 unspecified atom stereocenters. The molecule has 1 amide bonds. The van der Waals surface area contributed by atoms with Gasteiger partial charge in [0, 0.05) is 6.54 Å². The van der Waals surface area contributed by atoms with Crippen molar-refractivity contribution in [2.45, 2.75) is 19.2 Å². The lowest BCUT2D eigenvalue weighted by molar-refractivity contribution is -0.137. The summed E-state index contributed by atoms with van der Waals surface area (Å²) in [6.45, 7) is 1.54. The zero-order valence-corrected chi connectivity index (χ0v) is 11.5. The summed E-state index contributed by atoms with van der Waals surface area (Å²) < 4.78 is 39.1. The molecule has 0 spiro atoms. The molecule has 2 rings (SSSR count). The summed E-state index contributed by atoms with van der Waals surface area (Å²) >= 11 is 0. The molecular formula is C13H13F3N4O2. The number of nitrogens with zero attached hydrogens (tertiary/aromatic N) is 3. The van der Waals surface area contributed by atoms with E-state index in [1.165, 1.54) is 25.3 Å². The van der Waals surface area contributed by atoms with Gasteiger partial charge in [0.1, 0.15) is 0 Å². The SMILES string of the molecule is CC(O)CNC(=O)c1cn(-c2cccc(C(F)(F)F)c2)nn1. The lowest BCUT2D eigenvalue weighted by Gasteiger charge is -2.08. The molecule has 0 saturated heterocycles. The molecule has 0 saturated carbocycles. The Kier molecular flexibility index (Phi) is 4.45. The van der Waals surface area contributed by atoms with Gasteiger partial charge in [0.05, 0.1) is 23.6 Å². The zero-order valence-electron chi connectivity index (χ0n) is 11.5. The predicted octanol–water partition coefficient (Wildman–Crippen LogP) is 1.40. The van der Waals surface area contributed by atoms with E-state index in [4.69, 9.17) is 5.11 Å². The lowest BCUT2D eigenvalue weighted by Crippen LogP contribution is -2.30. The number of benzene rings is 1. The number of hydrogen-bond acceptors (Lipinski definition) is 4. The molecule has 118 valence electrons. The highest BCUT2D eigenvalue weighted by Crippen LogP contribution is 2.30. The van der Waals surface area contributed by atoms with Crippen LogP contribution in [0, 0.1) is 0 Å². The fourth-order valence-electron chi connectivity index (χ4n) is 1.65. The number of aliphatic hydroxyl groups is 1. The van der Waals surface area contributed by atoms with E-state index in [9.17, 15) is 18.0 Å². The molecule has 2 aromatic rings. The second-order valence-electron chi connectivity index (χ2n) is 4.66. The van der Waals surface area contributed by atoms with Crippen LogP contribution in [-0.4, -0.2) is 38.7 Å². The van der Waals surface area contributed by atoms with Crippen molar-refractivity contribution in [2.75, 3.05) is 6.54 Å². The summed E-state index contributed by atoms with van der Waals surface area (Å²) in [5.74, 6) is -0.570. The molecule has 6 nitrogen and oxygen atoms in total. The van der Waals surface area contributed by atoms with Crippen molar-refractivity contribution in [3.05, 3.63) is 41.7 Å². The van der Waals surface area contributed by atoms with Crippen LogP contribution in [0.1, 0.15) is 23.0 Å². The lowest BCUT2D eigenvalue weighted by atomic mass is 10.2. The topological polar surface area (TPSA) is 80.0 Å². The van der Waals surface area contributed by atoms with E-state index in [1.807, 2.05) is 0 Å². The van der Waals surface area contributed by atoms with Gasteiger partial charge < -0.3 is 10.4 Å². The molecular weight excluding hydrogens is 301 g/mol. The highest BCUT2D eigenvalue weighted by atomic mass is 19.4. The van der Waals surface area contributed by atoms with Gasteiger partial charge in [-0.3, -0.25) is 4.79 Å². The van der Waals surface area contributed by atoms with Gasteiger partial charge in [0.2, 0.25) is 0 Å². The van der Waals surface area contributed by atoms with Crippen LogP contribution in [0.3, 0.4) is 0 Å². The number of nitrogens with one attached hydrogen (secondary N) is 1. The van der Waals surface area contributed by atoms with Crippen LogP contribution >= 0.6 is 0 Å². The van der Waals surface area contributed by atoms with E-state index in [1.54, 1.807) is 0 Å². The molecule has 0 bridgehead atoms. The van der Waals surface area contributed by atoms with Crippen molar-refractivity contribution in [2.24, 2.45) is 0 Å². The first-order valence-electron chi connectivity index (χ1n) is 6.33. The molecule has 0 aliphatic carbocycles. The van der Waals surface area contributed by atoms with Crippen LogP contribution in [0.5, 0.6) is 0 Å². The van der Waals surface area contributed by atoms with Crippen molar-refractivity contribution < 1.29 is 23.1 Å². The smallest absolute Gasteiger partial charge is 0.392 e. The normalized spacial score (nSPS) is 13.0. The van der Waals surface area contributed by atoms with Gasteiger partial charge in [-0.05, 0) is 25.1 Å². The summed E-state index contributed by atoms with van der Waals surface area (Å²) in [4.78, 5) is 11.7. The Morgan fingerprint density at radius 3 is 2.82 bits per heavy atom. The number of hydrogen-bond donors (Lipinski definition) is 2. The standard InChI is InChI=1S/C13H13F3N4O2/c1-8(21)6-17-12(22)11-7-20(19-18-11)10-4-2-3-9(5-10)13(14,15)16/h2-5,7-8,21H,6H2,1H3,(H,17,22). The van der Waals surface area contributed by atoms with Gasteiger partial charge in [-0.2, -0.15) is 13.2 Å². The number of aliphatic hydroxyl groups excluding tert-OH is 1. The number of rotatable bonds is 4. The third-order valence-electron chi connectivity index (χ3n) is 2.72. The number of carbonyl (C=O) groups is 1. The molecule has 2 N–H and O–H groups in total. The Hall–Kier alpha value is -2.42. The largest absolute Gasteiger partial charge is 0.416 e. The molecule has 1 atom stereocenters. The summed E-state index contributed by atoms with van der Waals surface area (Å²) in [6.07, 6.45) is -3.97. The van der Waals surface area contributed by atoms with Crippen LogP contribution in [0.4, 0.5) is 13.2 Å². The van der Waals surface area contributed by atoms with E-state index < -0.39 is 23.8 Å². The van der Waals surface area contributed by atoms with E-state index in [2.05, 4.69) is 15.6 Å². The van der Waals surface area contributed by atoms with E-state index in [-0.39, 0.29) is 17.9 Å². The minimum absolute atomic E-state index is 0.0370. The molecule has 1 aromatic heterocycles. The third-order valence-corrected chi connectivity index (χ3v) is 2.72. The second-order valence-corrected chi connectivity index (χ2v) is 4.66. The molecule has 0 aliphatic heterocycles. The molecule has 22 heavy (non-hydrogen) atoms. The van der Waals surface area contributed by atoms with Crippen LogP contribution in [0.15, 0.2) is 30.5 Å². The minimum Gasteiger partial charge on any atom is -0.392 e. The van der Waals surface area contributed by atoms with E-state index in [0.29, 0.717) is 0 Å². The first-order valence-corrected chi connectivity index (χ1v) is 6.33. The monoisotopic (exact) mass is 314 g/mol. The van der Waals surface area contributed by atoms with Crippen molar-refractivity contribution in [3.63, 3.8) is 0 Å². The van der Waals surface area contributed by atoms with Gasteiger partial charge >= 0.3 is 6.18 Å². The highest BCUT2D eigenvalue weighted by Gasteiger charge is 2.30. The van der Waals surface area contributed by atoms with Gasteiger partial charge in [-0.25, -0.2) is 4.68 Å². The van der Waals surface area contributed by atoms with Gasteiger partial charge in [-0.1, -0.05) is 11.3 Å². The summed E-state index contributed by atoms with van der Waals surface area (Å²) in [5, 5.41) is 18.7. The van der Waals surface area contributed by atoms with Crippen LogP contribution in [-0.2, 0) is 6.18 Å². The number of alkyl halides is 3. The fraction of sp³-hybridized carbons (Fsp3) is 0.308. The molecule has 0 radical (unpaired) electrons. The molecule has 1 heterocycles. The molecule has 0 aliphatic rings. The number of aromatic nitrogens is 3. The first kappa shape index (κ1) is 16.0. The minimum atomic E-state index is -4.46. The van der Waals surface area contributed by atoms with Crippen molar-refractivity contribution >= 4 is 5.91 Å². The summed E-state index contributed by atoms with van der Waals surface area (Å²) in [7, 11) is 0. The van der Waals surface area contributed by atoms with Crippen molar-refractivity contribution in [1.82, 2.24) is 20.3 Å². The Bertz CT molecular complexity index is 667. The van der Waals surface area contributed by atoms with Gasteiger partial charge in [-0.15, -0.1) is 5.10 Å². The number of amides is 1. The Balaban J connectivity index is 2.20. The van der Waals surface area contributed by atoms with E-state index in [0.717, 1.165) is 16.8 Å². The average molecular weight is 314 g/mol. The quantitative estimate of drug-likeness (QED) is 0.894. The Morgan fingerprint density at radius 1 is 1.45 bits per heavy atom. The van der Waals surface area contributed by atoms with Crippen LogP contribution < -0.4 is 5.32 Å². The van der Waals surface area contributed by atoms with E-state index >= 15 is 0 Å². The van der Waals surface area contributed by atoms with Crippen molar-refractivity contribution in [3.8, 4) is 5.69 Å². The Morgan fingerprint density at radius 2 is 2.18 bits per heavy atom. The average Bonchev–Trinajstić information content (AvgIpc) is 2.94. The molecule has 9 heteroatoms. The summed E-state index contributed by atoms with van der Waals surface area (Å²) in [6, 6.07) is 4.51. The fourth-order valence-corrected chi connectivity index (χ4v) is 1.65. The maximum atomic E-state index is 12.7. The van der Waals surface area contributed by atoms with Crippen LogP contribution in [0.25, 0.3) is 5.69 Å². The first-order chi connectivity index (χ1) is 10.3. The zero-order chi connectivity index (χ0) is 16.3. The van der Waals surface area contributed by atoms with Gasteiger partial charge in [0.15, 0.2) is 5.69 Å². The molecule has 0 fully saturated rings. The predicted molar refractivity (Wildman–Crippen MR) is 70.4 cm³/mol. The number of halogens is 3. The highest BCUT2D eigenvalue weighted by molar-refractivity contribution is 5.91. The maximum Gasteiger partial charge on any atom is 0.416 e. The second kappa shape index (κ2) is 6.14. The van der Waals surface area contributed by atoms with Crippen LogP contribution in [0.2, 0.25) is 0 Å². The number of carbonyl (C=O) groups excluding carboxylic acids is 1.